The molecule has 5 rings (SSSR count). The average Bonchev–Trinajstić information content (AvgIpc) is 2.97. The van der Waals surface area contributed by atoms with Gasteiger partial charge in [-0.3, -0.25) is 4.98 Å². The van der Waals surface area contributed by atoms with E-state index < -0.39 is 0 Å². The predicted molar refractivity (Wildman–Crippen MR) is 146 cm³/mol. The highest BCUT2D eigenvalue weighted by Gasteiger charge is 2.13. The Kier molecular flexibility index (Phi) is 7.88. The van der Waals surface area contributed by atoms with Crippen molar-refractivity contribution in [1.29, 1.82) is 0 Å². The molecule has 0 aliphatic carbocycles. The fourth-order valence-corrected chi connectivity index (χ4v) is 4.24. The number of amides is 2. The summed E-state index contributed by atoms with van der Waals surface area (Å²) in [5.41, 5.74) is 4.98. The molecular formula is C29H30N6O2. The number of hydrogen-bond acceptors (Lipinski definition) is 6. The predicted octanol–water partition coefficient (Wildman–Crippen LogP) is 4.45. The molecule has 0 bridgehead atoms. The van der Waals surface area contributed by atoms with Gasteiger partial charge < -0.3 is 25.6 Å². The van der Waals surface area contributed by atoms with Gasteiger partial charge in [-0.2, -0.15) is 0 Å². The lowest BCUT2D eigenvalue weighted by atomic mass is 10.0. The van der Waals surface area contributed by atoms with E-state index in [9.17, 15) is 4.79 Å². The summed E-state index contributed by atoms with van der Waals surface area (Å²) in [5, 5.41) is 9.04. The number of hydrogen-bond donors (Lipinski definition) is 3. The molecule has 2 aromatic heterocycles. The summed E-state index contributed by atoms with van der Waals surface area (Å²) in [6, 6.07) is 23.3. The molecule has 0 atom stereocenters. The lowest BCUT2D eigenvalue weighted by Gasteiger charge is -2.28. The Labute approximate surface area is 216 Å². The third kappa shape index (κ3) is 6.62. The van der Waals surface area contributed by atoms with Gasteiger partial charge in [0.2, 0.25) is 0 Å². The zero-order chi connectivity index (χ0) is 25.3. The van der Waals surface area contributed by atoms with Gasteiger partial charge >= 0.3 is 6.03 Å². The topological polar surface area (TPSA) is 91.4 Å². The van der Waals surface area contributed by atoms with Crippen LogP contribution in [0.4, 0.5) is 16.3 Å². The minimum atomic E-state index is -0.274. The van der Waals surface area contributed by atoms with Crippen molar-refractivity contribution in [2.75, 3.05) is 36.4 Å². The van der Waals surface area contributed by atoms with Crippen molar-refractivity contribution in [1.82, 2.24) is 20.6 Å². The van der Waals surface area contributed by atoms with Crippen LogP contribution >= 0.6 is 0 Å². The quantitative estimate of drug-likeness (QED) is 0.335. The highest BCUT2D eigenvalue weighted by atomic mass is 16.5. The van der Waals surface area contributed by atoms with Crippen LogP contribution in [0, 0.1) is 0 Å². The van der Waals surface area contributed by atoms with Crippen LogP contribution < -0.4 is 25.6 Å². The Morgan fingerprint density at radius 1 is 0.973 bits per heavy atom. The van der Waals surface area contributed by atoms with E-state index in [-0.39, 0.29) is 6.03 Å². The Morgan fingerprint density at radius 3 is 2.62 bits per heavy atom. The molecule has 0 radical (unpaired) electrons. The monoisotopic (exact) mass is 494 g/mol. The first-order valence-electron chi connectivity index (χ1n) is 12.4. The van der Waals surface area contributed by atoms with Gasteiger partial charge in [0.1, 0.15) is 18.2 Å². The first kappa shape index (κ1) is 24.3. The van der Waals surface area contributed by atoms with Gasteiger partial charge in [-0.1, -0.05) is 30.3 Å². The van der Waals surface area contributed by atoms with E-state index in [0.29, 0.717) is 18.8 Å². The number of benzene rings is 2. The van der Waals surface area contributed by atoms with Gasteiger partial charge in [0.25, 0.3) is 0 Å². The molecule has 8 nitrogen and oxygen atoms in total. The lowest BCUT2D eigenvalue weighted by molar-refractivity contribution is 0.251. The second kappa shape index (κ2) is 12.0. The normalized spacial score (nSPS) is 13.1. The van der Waals surface area contributed by atoms with E-state index in [1.165, 1.54) is 0 Å². The summed E-state index contributed by atoms with van der Waals surface area (Å²) in [4.78, 5) is 23.2. The second-order valence-corrected chi connectivity index (χ2v) is 8.78. The fraction of sp³-hybridized carbons (Fsp3) is 0.207. The van der Waals surface area contributed by atoms with Gasteiger partial charge in [-0.05, 0) is 64.7 Å². The number of pyridine rings is 2. The van der Waals surface area contributed by atoms with Crippen molar-refractivity contribution in [3.63, 3.8) is 0 Å². The van der Waals surface area contributed by atoms with E-state index in [4.69, 9.17) is 4.74 Å². The molecule has 188 valence electrons. The number of urea groups is 1. The summed E-state index contributed by atoms with van der Waals surface area (Å²) in [6.07, 6.45) is 5.31. The first-order chi connectivity index (χ1) is 18.2. The van der Waals surface area contributed by atoms with Crippen LogP contribution in [0.3, 0.4) is 0 Å². The standard InChI is InChI=1S/C29H30N6O2/c36-29(33-20-22-4-3-12-31-19-22)34-25-7-9-26(10-8-25)37-21-24-5-1-2-6-27(24)23-11-13-32-28(18-23)35-16-14-30-15-17-35/h1-13,18-19,30H,14-17,20-21H2,(H2,33,34,36). The highest BCUT2D eigenvalue weighted by Crippen LogP contribution is 2.28. The molecule has 1 saturated heterocycles. The molecule has 8 heteroatoms. The number of carbonyl (C=O) groups is 1. The van der Waals surface area contributed by atoms with Crippen molar-refractivity contribution in [3.05, 3.63) is 103 Å². The Balaban J connectivity index is 1.19. The van der Waals surface area contributed by atoms with E-state index in [1.54, 1.807) is 12.4 Å². The maximum atomic E-state index is 12.2. The van der Waals surface area contributed by atoms with Crippen LogP contribution in [0.2, 0.25) is 0 Å². The maximum absolute atomic E-state index is 12.2. The average molecular weight is 495 g/mol. The molecule has 3 heterocycles. The van der Waals surface area contributed by atoms with Crippen LogP contribution in [0.15, 0.2) is 91.4 Å². The molecular weight excluding hydrogens is 464 g/mol. The minimum absolute atomic E-state index is 0.274. The molecule has 37 heavy (non-hydrogen) atoms. The van der Waals surface area contributed by atoms with Crippen molar-refractivity contribution in [2.24, 2.45) is 0 Å². The zero-order valence-electron chi connectivity index (χ0n) is 20.6. The van der Waals surface area contributed by atoms with Crippen LogP contribution in [0.1, 0.15) is 11.1 Å². The largest absolute Gasteiger partial charge is 0.489 e. The second-order valence-electron chi connectivity index (χ2n) is 8.78. The van der Waals surface area contributed by atoms with Crippen molar-refractivity contribution in [2.45, 2.75) is 13.2 Å². The molecule has 1 fully saturated rings. The molecule has 1 aliphatic heterocycles. The van der Waals surface area contributed by atoms with Crippen molar-refractivity contribution < 1.29 is 9.53 Å². The SMILES string of the molecule is O=C(NCc1cccnc1)Nc1ccc(OCc2ccccc2-c2ccnc(N3CCNCC3)c2)cc1. The zero-order valence-corrected chi connectivity index (χ0v) is 20.6. The molecule has 0 saturated carbocycles. The third-order valence-corrected chi connectivity index (χ3v) is 6.20. The van der Waals surface area contributed by atoms with Crippen LogP contribution in [0.5, 0.6) is 5.75 Å². The Morgan fingerprint density at radius 2 is 1.81 bits per heavy atom. The lowest BCUT2D eigenvalue weighted by Crippen LogP contribution is -2.43. The summed E-state index contributed by atoms with van der Waals surface area (Å²) in [6.45, 7) is 4.70. The van der Waals surface area contributed by atoms with Crippen molar-refractivity contribution in [3.8, 4) is 16.9 Å². The summed E-state index contributed by atoms with van der Waals surface area (Å²) < 4.78 is 6.10. The number of ether oxygens (including phenoxy) is 1. The number of piperazine rings is 1. The van der Waals surface area contributed by atoms with Gasteiger partial charge in [-0.15, -0.1) is 0 Å². The summed E-state index contributed by atoms with van der Waals surface area (Å²) >= 11 is 0. The first-order valence-corrected chi connectivity index (χ1v) is 12.4. The number of nitrogens with one attached hydrogen (secondary N) is 3. The van der Waals surface area contributed by atoms with Crippen molar-refractivity contribution >= 4 is 17.5 Å². The molecule has 0 spiro atoms. The molecule has 0 unspecified atom stereocenters. The molecule has 4 aromatic rings. The van der Waals surface area contributed by atoms with Gasteiger partial charge in [0, 0.05) is 57.0 Å². The molecule has 2 amide bonds. The summed E-state index contributed by atoms with van der Waals surface area (Å²) in [7, 11) is 0. The van der Waals surface area contributed by atoms with Gasteiger partial charge in [-0.25, -0.2) is 9.78 Å². The van der Waals surface area contributed by atoms with Crippen LogP contribution in [-0.2, 0) is 13.2 Å². The number of rotatable bonds is 8. The van der Waals surface area contributed by atoms with Crippen LogP contribution in [0.25, 0.3) is 11.1 Å². The van der Waals surface area contributed by atoms with E-state index in [0.717, 1.165) is 60.0 Å². The number of carbonyl (C=O) groups excluding carboxylic acids is 1. The molecule has 2 aromatic carbocycles. The van der Waals surface area contributed by atoms with E-state index in [1.807, 2.05) is 60.8 Å². The highest BCUT2D eigenvalue weighted by molar-refractivity contribution is 5.89. The molecule has 3 N–H and O–H groups in total. The number of nitrogens with zero attached hydrogens (tertiary/aromatic N) is 3. The van der Waals surface area contributed by atoms with Crippen LogP contribution in [-0.4, -0.2) is 42.2 Å². The number of aromatic nitrogens is 2. The summed E-state index contributed by atoms with van der Waals surface area (Å²) in [5.74, 6) is 1.73. The molecule has 1 aliphatic rings. The fourth-order valence-electron chi connectivity index (χ4n) is 4.24. The Bertz CT molecular complexity index is 1310. The maximum Gasteiger partial charge on any atom is 0.319 e. The number of anilines is 2. The van der Waals surface area contributed by atoms with Gasteiger partial charge in [0.05, 0.1) is 0 Å². The Hall–Kier alpha value is -4.43. The third-order valence-electron chi connectivity index (χ3n) is 6.20. The van der Waals surface area contributed by atoms with E-state index in [2.05, 4.69) is 49.0 Å². The minimum Gasteiger partial charge on any atom is -0.489 e. The van der Waals surface area contributed by atoms with Gasteiger partial charge in [0.15, 0.2) is 0 Å². The smallest absolute Gasteiger partial charge is 0.319 e. The van der Waals surface area contributed by atoms with E-state index >= 15 is 0 Å².